The van der Waals surface area contributed by atoms with Gasteiger partial charge >= 0.3 is 0 Å². The lowest BCUT2D eigenvalue weighted by atomic mass is 10.1. The summed E-state index contributed by atoms with van der Waals surface area (Å²) in [4.78, 5) is 12.0. The van der Waals surface area contributed by atoms with E-state index in [-0.39, 0.29) is 5.91 Å². The molecule has 0 atom stereocenters. The smallest absolute Gasteiger partial charge is 0.269 e. The fourth-order valence-corrected chi connectivity index (χ4v) is 2.42. The molecule has 1 aromatic heterocycles. The molecule has 0 saturated heterocycles. The predicted octanol–water partition coefficient (Wildman–Crippen LogP) is 2.91. The van der Waals surface area contributed by atoms with Gasteiger partial charge in [-0.3, -0.25) is 10.2 Å². The van der Waals surface area contributed by atoms with Gasteiger partial charge in [0.1, 0.15) is 5.69 Å². The van der Waals surface area contributed by atoms with Gasteiger partial charge in [0.15, 0.2) is 0 Å². The Balaban J connectivity index is 2.13. The first kappa shape index (κ1) is 14.5. The summed E-state index contributed by atoms with van der Waals surface area (Å²) in [6.45, 7) is 0. The van der Waals surface area contributed by atoms with E-state index in [1.807, 2.05) is 54.6 Å². The summed E-state index contributed by atoms with van der Waals surface area (Å²) in [5.41, 5.74) is 4.89. The molecule has 110 valence electrons. The highest BCUT2D eigenvalue weighted by atomic mass is 79.9. The SMILES string of the molecule is NNC(=O)c1cn(-c2ccccc2)nc1-c1ccc(Br)cc1. The van der Waals surface area contributed by atoms with Crippen molar-refractivity contribution in [2.24, 2.45) is 5.84 Å². The van der Waals surface area contributed by atoms with Gasteiger partial charge in [-0.15, -0.1) is 0 Å². The zero-order valence-corrected chi connectivity index (χ0v) is 13.1. The van der Waals surface area contributed by atoms with Crippen LogP contribution in [-0.4, -0.2) is 15.7 Å². The molecule has 2 aromatic carbocycles. The van der Waals surface area contributed by atoms with Gasteiger partial charge in [-0.05, 0) is 24.3 Å². The van der Waals surface area contributed by atoms with Crippen LogP contribution in [0.4, 0.5) is 0 Å². The Morgan fingerprint density at radius 1 is 1.09 bits per heavy atom. The third-order valence-electron chi connectivity index (χ3n) is 3.23. The number of halogens is 1. The number of carbonyl (C=O) groups is 1. The normalized spacial score (nSPS) is 10.5. The lowest BCUT2D eigenvalue weighted by Gasteiger charge is -2.01. The minimum Gasteiger partial charge on any atom is -0.290 e. The van der Waals surface area contributed by atoms with Crippen LogP contribution >= 0.6 is 15.9 Å². The van der Waals surface area contributed by atoms with E-state index in [2.05, 4.69) is 26.5 Å². The molecule has 0 spiro atoms. The van der Waals surface area contributed by atoms with Crippen molar-refractivity contribution in [1.29, 1.82) is 0 Å². The standard InChI is InChI=1S/C16H13BrN4O/c17-12-8-6-11(7-9-12)15-14(16(22)19-18)10-21(20-15)13-4-2-1-3-5-13/h1-10H,18H2,(H,19,22). The predicted molar refractivity (Wildman–Crippen MR) is 88.4 cm³/mol. The average molecular weight is 357 g/mol. The molecule has 0 aliphatic carbocycles. The number of nitrogens with two attached hydrogens (primary N) is 1. The highest BCUT2D eigenvalue weighted by Crippen LogP contribution is 2.25. The maximum atomic E-state index is 12.0. The molecule has 22 heavy (non-hydrogen) atoms. The molecule has 1 heterocycles. The van der Waals surface area contributed by atoms with Crippen LogP contribution in [-0.2, 0) is 0 Å². The maximum Gasteiger partial charge on any atom is 0.269 e. The minimum atomic E-state index is -0.375. The van der Waals surface area contributed by atoms with Crippen LogP contribution < -0.4 is 11.3 Å². The Bertz CT molecular complexity index is 797. The fourth-order valence-electron chi connectivity index (χ4n) is 2.15. The number of benzene rings is 2. The van der Waals surface area contributed by atoms with E-state index in [1.54, 1.807) is 10.9 Å². The second-order valence-electron chi connectivity index (χ2n) is 4.65. The van der Waals surface area contributed by atoms with Crippen LogP contribution in [0.5, 0.6) is 0 Å². The molecule has 3 N–H and O–H groups in total. The molecule has 5 nitrogen and oxygen atoms in total. The van der Waals surface area contributed by atoms with E-state index >= 15 is 0 Å². The van der Waals surface area contributed by atoms with E-state index < -0.39 is 0 Å². The highest BCUT2D eigenvalue weighted by Gasteiger charge is 2.17. The van der Waals surface area contributed by atoms with E-state index in [9.17, 15) is 4.79 Å². The van der Waals surface area contributed by atoms with Gasteiger partial charge in [0.25, 0.3) is 5.91 Å². The second kappa shape index (κ2) is 6.13. The van der Waals surface area contributed by atoms with Gasteiger partial charge in [-0.1, -0.05) is 46.3 Å². The molecule has 3 aromatic rings. The number of nitrogen functional groups attached to an aromatic ring is 1. The molecule has 0 unspecified atom stereocenters. The monoisotopic (exact) mass is 356 g/mol. The third kappa shape index (κ3) is 2.79. The van der Waals surface area contributed by atoms with Gasteiger partial charge in [0, 0.05) is 16.2 Å². The first-order valence-corrected chi connectivity index (χ1v) is 7.40. The average Bonchev–Trinajstić information content (AvgIpc) is 3.01. The Morgan fingerprint density at radius 3 is 2.41 bits per heavy atom. The van der Waals surface area contributed by atoms with E-state index in [4.69, 9.17) is 5.84 Å². The molecule has 0 bridgehead atoms. The third-order valence-corrected chi connectivity index (χ3v) is 3.76. The molecule has 0 radical (unpaired) electrons. The van der Waals surface area contributed by atoms with E-state index in [0.29, 0.717) is 11.3 Å². The van der Waals surface area contributed by atoms with Gasteiger partial charge in [-0.2, -0.15) is 5.10 Å². The number of rotatable bonds is 3. The van der Waals surface area contributed by atoms with Crippen LogP contribution in [0.2, 0.25) is 0 Å². The number of hydrazine groups is 1. The largest absolute Gasteiger partial charge is 0.290 e. The van der Waals surface area contributed by atoms with Crippen molar-refractivity contribution in [3.63, 3.8) is 0 Å². The fraction of sp³-hybridized carbons (Fsp3) is 0. The molecule has 1 amide bonds. The molecule has 0 saturated carbocycles. The number of nitrogens with one attached hydrogen (secondary N) is 1. The van der Waals surface area contributed by atoms with Crippen molar-refractivity contribution in [1.82, 2.24) is 15.2 Å². The Labute approximate surface area is 135 Å². The second-order valence-corrected chi connectivity index (χ2v) is 5.57. The van der Waals surface area contributed by atoms with Crippen molar-refractivity contribution >= 4 is 21.8 Å². The van der Waals surface area contributed by atoms with Gasteiger partial charge in [-0.25, -0.2) is 10.5 Å². The van der Waals surface area contributed by atoms with Crippen LogP contribution in [0.1, 0.15) is 10.4 Å². The summed E-state index contributed by atoms with van der Waals surface area (Å²) < 4.78 is 2.63. The maximum absolute atomic E-state index is 12.0. The van der Waals surface area contributed by atoms with Crippen LogP contribution in [0.25, 0.3) is 16.9 Å². The van der Waals surface area contributed by atoms with Crippen molar-refractivity contribution in [3.8, 4) is 16.9 Å². The number of amides is 1. The van der Waals surface area contributed by atoms with Crippen molar-refractivity contribution in [3.05, 3.63) is 70.8 Å². The summed E-state index contributed by atoms with van der Waals surface area (Å²) >= 11 is 3.40. The first-order chi connectivity index (χ1) is 10.7. The zero-order chi connectivity index (χ0) is 15.5. The lowest BCUT2D eigenvalue weighted by Crippen LogP contribution is -2.30. The lowest BCUT2D eigenvalue weighted by molar-refractivity contribution is 0.0954. The minimum absolute atomic E-state index is 0.375. The quantitative estimate of drug-likeness (QED) is 0.430. The van der Waals surface area contributed by atoms with E-state index in [0.717, 1.165) is 15.7 Å². The Hall–Kier alpha value is -2.44. The number of hydrogen-bond acceptors (Lipinski definition) is 3. The Kier molecular flexibility index (Phi) is 4.04. The van der Waals surface area contributed by atoms with Crippen molar-refractivity contribution in [2.45, 2.75) is 0 Å². The molecular weight excluding hydrogens is 344 g/mol. The first-order valence-electron chi connectivity index (χ1n) is 6.61. The Morgan fingerprint density at radius 2 is 1.77 bits per heavy atom. The topological polar surface area (TPSA) is 72.9 Å². The summed E-state index contributed by atoms with van der Waals surface area (Å²) in [6.07, 6.45) is 1.68. The van der Waals surface area contributed by atoms with Crippen LogP contribution in [0.3, 0.4) is 0 Å². The van der Waals surface area contributed by atoms with Gasteiger partial charge in [0.2, 0.25) is 0 Å². The van der Waals surface area contributed by atoms with Gasteiger partial charge in [0.05, 0.1) is 11.3 Å². The number of aromatic nitrogens is 2. The molecular formula is C16H13BrN4O. The number of carbonyl (C=O) groups excluding carboxylic acids is 1. The number of nitrogens with zero attached hydrogens (tertiary/aromatic N) is 2. The van der Waals surface area contributed by atoms with Crippen molar-refractivity contribution < 1.29 is 4.79 Å². The number of hydrogen-bond donors (Lipinski definition) is 2. The molecule has 0 fully saturated rings. The summed E-state index contributed by atoms with van der Waals surface area (Å²) in [5, 5.41) is 4.53. The molecule has 0 aliphatic rings. The molecule has 6 heteroatoms. The number of para-hydroxylation sites is 1. The van der Waals surface area contributed by atoms with Crippen LogP contribution in [0, 0.1) is 0 Å². The summed E-state index contributed by atoms with van der Waals surface area (Å²) in [5.74, 6) is 4.90. The van der Waals surface area contributed by atoms with Gasteiger partial charge < -0.3 is 0 Å². The molecule has 0 aliphatic heterocycles. The van der Waals surface area contributed by atoms with Crippen molar-refractivity contribution in [2.75, 3.05) is 0 Å². The zero-order valence-electron chi connectivity index (χ0n) is 11.5. The van der Waals surface area contributed by atoms with E-state index in [1.165, 1.54) is 0 Å². The molecule has 3 rings (SSSR count). The summed E-state index contributed by atoms with van der Waals surface area (Å²) in [6, 6.07) is 17.2. The van der Waals surface area contributed by atoms with Crippen LogP contribution in [0.15, 0.2) is 65.3 Å². The highest BCUT2D eigenvalue weighted by molar-refractivity contribution is 9.10. The summed E-state index contributed by atoms with van der Waals surface area (Å²) in [7, 11) is 0.